The first-order chi connectivity index (χ1) is 12.2. The standard InChI is InChI=1S/C22H23NO2/c1-25-22-8-6-15(7-9-22)18-12-20(14-21(24)13-18)23-19-10-16-4-2-3-5-17(16)11-19/h2-9,14,18-19,23H,10-13H2,1H3/t18-/m0/s1. The predicted molar refractivity (Wildman–Crippen MR) is 98.8 cm³/mol. The maximum atomic E-state index is 12.2. The Kier molecular flexibility index (Phi) is 4.31. The number of ketones is 1. The van der Waals surface area contributed by atoms with E-state index in [0.717, 1.165) is 30.7 Å². The minimum absolute atomic E-state index is 0.213. The monoisotopic (exact) mass is 333 g/mol. The molecule has 0 radical (unpaired) electrons. The van der Waals surface area contributed by atoms with Gasteiger partial charge in [0.2, 0.25) is 0 Å². The first-order valence-electron chi connectivity index (χ1n) is 8.92. The lowest BCUT2D eigenvalue weighted by molar-refractivity contribution is -0.115. The van der Waals surface area contributed by atoms with Gasteiger partial charge in [0.15, 0.2) is 5.78 Å². The van der Waals surface area contributed by atoms with Gasteiger partial charge >= 0.3 is 0 Å². The third-order valence-corrected chi connectivity index (χ3v) is 5.28. The van der Waals surface area contributed by atoms with Crippen LogP contribution in [-0.4, -0.2) is 18.9 Å². The molecule has 2 aromatic rings. The van der Waals surface area contributed by atoms with E-state index in [-0.39, 0.29) is 11.7 Å². The lowest BCUT2D eigenvalue weighted by atomic mass is 9.85. The molecule has 0 unspecified atom stereocenters. The highest BCUT2D eigenvalue weighted by Crippen LogP contribution is 2.32. The Bertz CT molecular complexity index is 782. The van der Waals surface area contributed by atoms with E-state index in [0.29, 0.717) is 12.5 Å². The van der Waals surface area contributed by atoms with E-state index in [1.165, 1.54) is 16.7 Å². The maximum Gasteiger partial charge on any atom is 0.158 e. The Hall–Kier alpha value is -2.55. The van der Waals surface area contributed by atoms with Crippen molar-refractivity contribution >= 4 is 5.78 Å². The van der Waals surface area contributed by atoms with Crippen LogP contribution in [0.2, 0.25) is 0 Å². The highest BCUT2D eigenvalue weighted by atomic mass is 16.5. The van der Waals surface area contributed by atoms with Crippen molar-refractivity contribution in [2.75, 3.05) is 7.11 Å². The highest BCUT2D eigenvalue weighted by molar-refractivity contribution is 5.92. The minimum atomic E-state index is 0.213. The number of rotatable bonds is 4. The number of methoxy groups -OCH3 is 1. The number of nitrogens with one attached hydrogen (secondary N) is 1. The molecule has 2 aliphatic rings. The molecule has 0 amide bonds. The molecule has 4 rings (SSSR count). The summed E-state index contributed by atoms with van der Waals surface area (Å²) in [4.78, 5) is 12.2. The van der Waals surface area contributed by atoms with Gasteiger partial charge < -0.3 is 10.1 Å². The average molecular weight is 333 g/mol. The summed E-state index contributed by atoms with van der Waals surface area (Å²) in [6, 6.07) is 17.1. The second kappa shape index (κ2) is 6.75. The molecule has 25 heavy (non-hydrogen) atoms. The second-order valence-corrected chi connectivity index (χ2v) is 7.03. The number of hydrogen-bond donors (Lipinski definition) is 1. The third kappa shape index (κ3) is 3.46. The maximum absolute atomic E-state index is 12.2. The summed E-state index contributed by atoms with van der Waals surface area (Å²) < 4.78 is 5.23. The molecule has 2 aliphatic carbocycles. The first-order valence-corrected chi connectivity index (χ1v) is 8.92. The van der Waals surface area contributed by atoms with Gasteiger partial charge in [-0.05, 0) is 54.0 Å². The van der Waals surface area contributed by atoms with Crippen molar-refractivity contribution in [2.24, 2.45) is 0 Å². The van der Waals surface area contributed by atoms with Crippen molar-refractivity contribution < 1.29 is 9.53 Å². The van der Waals surface area contributed by atoms with Crippen LogP contribution in [0.5, 0.6) is 5.75 Å². The van der Waals surface area contributed by atoms with Gasteiger partial charge in [-0.25, -0.2) is 0 Å². The number of fused-ring (bicyclic) bond motifs is 1. The molecule has 1 N–H and O–H groups in total. The molecule has 0 aliphatic heterocycles. The van der Waals surface area contributed by atoms with Gasteiger partial charge in [0.25, 0.3) is 0 Å². The molecule has 0 saturated carbocycles. The normalized spacial score (nSPS) is 20.1. The molecule has 1 atom stereocenters. The second-order valence-electron chi connectivity index (χ2n) is 7.03. The molecule has 0 fully saturated rings. The number of carbonyl (C=O) groups excluding carboxylic acids is 1. The Morgan fingerprint density at radius 1 is 0.920 bits per heavy atom. The van der Waals surface area contributed by atoms with E-state index in [9.17, 15) is 4.79 Å². The molecule has 0 spiro atoms. The van der Waals surface area contributed by atoms with Crippen LogP contribution in [0, 0.1) is 0 Å². The number of benzene rings is 2. The van der Waals surface area contributed by atoms with E-state index in [4.69, 9.17) is 4.74 Å². The van der Waals surface area contributed by atoms with E-state index in [2.05, 4.69) is 41.7 Å². The summed E-state index contributed by atoms with van der Waals surface area (Å²) in [7, 11) is 1.67. The van der Waals surface area contributed by atoms with Crippen LogP contribution in [-0.2, 0) is 17.6 Å². The summed E-state index contributed by atoms with van der Waals surface area (Å²) in [6.45, 7) is 0. The smallest absolute Gasteiger partial charge is 0.158 e. The number of ether oxygens (including phenoxy) is 1. The van der Waals surface area contributed by atoms with E-state index in [1.807, 2.05) is 18.2 Å². The lowest BCUT2D eigenvalue weighted by Crippen LogP contribution is -2.32. The molecule has 3 nitrogen and oxygen atoms in total. The molecule has 2 aromatic carbocycles. The Morgan fingerprint density at radius 3 is 2.24 bits per heavy atom. The Balaban J connectivity index is 1.45. The van der Waals surface area contributed by atoms with Crippen LogP contribution in [0.4, 0.5) is 0 Å². The summed E-state index contributed by atoms with van der Waals surface area (Å²) >= 11 is 0. The fraction of sp³-hybridized carbons (Fsp3) is 0.318. The number of allylic oxidation sites excluding steroid dienone is 2. The summed E-state index contributed by atoms with van der Waals surface area (Å²) in [5, 5.41) is 3.63. The van der Waals surface area contributed by atoms with Gasteiger partial charge in [-0.15, -0.1) is 0 Å². The van der Waals surface area contributed by atoms with E-state index >= 15 is 0 Å². The topological polar surface area (TPSA) is 38.3 Å². The first kappa shape index (κ1) is 15.9. The van der Waals surface area contributed by atoms with Crippen LogP contribution in [0.25, 0.3) is 0 Å². The SMILES string of the molecule is COc1ccc([C@@H]2CC(=O)C=C(NC3Cc4ccccc4C3)C2)cc1. The third-order valence-electron chi connectivity index (χ3n) is 5.28. The fourth-order valence-corrected chi connectivity index (χ4v) is 4.03. The zero-order valence-corrected chi connectivity index (χ0v) is 14.5. The molecule has 0 aromatic heterocycles. The summed E-state index contributed by atoms with van der Waals surface area (Å²) in [6.07, 6.45) is 5.36. The van der Waals surface area contributed by atoms with Gasteiger partial charge in [-0.1, -0.05) is 36.4 Å². The van der Waals surface area contributed by atoms with E-state index < -0.39 is 0 Å². The molecule has 0 saturated heterocycles. The van der Waals surface area contributed by atoms with Crippen molar-refractivity contribution in [1.82, 2.24) is 5.32 Å². The number of carbonyl (C=O) groups is 1. The minimum Gasteiger partial charge on any atom is -0.497 e. The highest BCUT2D eigenvalue weighted by Gasteiger charge is 2.26. The largest absolute Gasteiger partial charge is 0.497 e. The van der Waals surface area contributed by atoms with Crippen molar-refractivity contribution in [3.63, 3.8) is 0 Å². The molecule has 128 valence electrons. The molecule has 3 heteroatoms. The van der Waals surface area contributed by atoms with Crippen molar-refractivity contribution in [3.05, 3.63) is 77.0 Å². The zero-order valence-electron chi connectivity index (χ0n) is 14.5. The van der Waals surface area contributed by atoms with Gasteiger partial charge in [-0.3, -0.25) is 4.79 Å². The molecule has 0 bridgehead atoms. The van der Waals surface area contributed by atoms with Gasteiger partial charge in [-0.2, -0.15) is 0 Å². The predicted octanol–water partition coefficient (Wildman–Crippen LogP) is 3.78. The average Bonchev–Trinajstić information content (AvgIpc) is 3.03. The van der Waals surface area contributed by atoms with Crippen LogP contribution in [0.1, 0.15) is 35.4 Å². The van der Waals surface area contributed by atoms with Crippen LogP contribution >= 0.6 is 0 Å². The lowest BCUT2D eigenvalue weighted by Gasteiger charge is -2.26. The van der Waals surface area contributed by atoms with Gasteiger partial charge in [0.1, 0.15) is 5.75 Å². The summed E-state index contributed by atoms with van der Waals surface area (Å²) in [5.41, 5.74) is 5.13. The quantitative estimate of drug-likeness (QED) is 0.925. The van der Waals surface area contributed by atoms with Crippen LogP contribution in [0.3, 0.4) is 0 Å². The summed E-state index contributed by atoms with van der Waals surface area (Å²) in [5.74, 6) is 1.31. The fourth-order valence-electron chi connectivity index (χ4n) is 4.03. The Morgan fingerprint density at radius 2 is 1.60 bits per heavy atom. The van der Waals surface area contributed by atoms with Gasteiger partial charge in [0.05, 0.1) is 7.11 Å². The molecule has 0 heterocycles. The zero-order chi connectivity index (χ0) is 17.2. The van der Waals surface area contributed by atoms with Crippen molar-refractivity contribution in [2.45, 2.75) is 37.6 Å². The molecular formula is C22H23NO2. The van der Waals surface area contributed by atoms with Crippen molar-refractivity contribution in [3.8, 4) is 5.75 Å². The van der Waals surface area contributed by atoms with Crippen molar-refractivity contribution in [1.29, 1.82) is 0 Å². The van der Waals surface area contributed by atoms with Crippen LogP contribution < -0.4 is 10.1 Å². The Labute approximate surface area is 148 Å². The van der Waals surface area contributed by atoms with Gasteiger partial charge in [0, 0.05) is 24.2 Å². The molecular weight excluding hydrogens is 310 g/mol. The number of hydrogen-bond acceptors (Lipinski definition) is 3. The van der Waals surface area contributed by atoms with Crippen LogP contribution in [0.15, 0.2) is 60.3 Å². The van der Waals surface area contributed by atoms with E-state index in [1.54, 1.807) is 7.11 Å².